The first-order chi connectivity index (χ1) is 9.82. The van der Waals surface area contributed by atoms with Gasteiger partial charge in [-0.25, -0.2) is 9.97 Å². The van der Waals surface area contributed by atoms with Gasteiger partial charge in [0.1, 0.15) is 11.6 Å². The van der Waals surface area contributed by atoms with Gasteiger partial charge < -0.3 is 15.4 Å². The standard InChI is InChI=1S/C13H21F3N4O/c1-4-5-17-10-8-11(18-6-7-21-9(2)3)20-12(19-10)13(14,15)16/h8-9H,4-7H2,1-3H3,(H2,17,18,19,20). The molecule has 0 aliphatic rings. The third-order valence-corrected chi connectivity index (χ3v) is 2.40. The molecular weight excluding hydrogens is 285 g/mol. The molecule has 0 spiro atoms. The highest BCUT2D eigenvalue weighted by Crippen LogP contribution is 2.28. The molecule has 21 heavy (non-hydrogen) atoms. The van der Waals surface area contributed by atoms with Crippen molar-refractivity contribution in [3.63, 3.8) is 0 Å². The quantitative estimate of drug-likeness (QED) is 0.723. The lowest BCUT2D eigenvalue weighted by Gasteiger charge is -2.13. The molecule has 0 saturated carbocycles. The Morgan fingerprint density at radius 2 is 1.71 bits per heavy atom. The Balaban J connectivity index is 2.76. The third kappa shape index (κ3) is 6.61. The third-order valence-electron chi connectivity index (χ3n) is 2.40. The van der Waals surface area contributed by atoms with Crippen molar-refractivity contribution < 1.29 is 17.9 Å². The van der Waals surface area contributed by atoms with Crippen molar-refractivity contribution in [1.29, 1.82) is 0 Å². The molecule has 0 unspecified atom stereocenters. The minimum Gasteiger partial charge on any atom is -0.377 e. The van der Waals surface area contributed by atoms with Gasteiger partial charge in [0.15, 0.2) is 0 Å². The average Bonchev–Trinajstić information content (AvgIpc) is 2.40. The van der Waals surface area contributed by atoms with Crippen molar-refractivity contribution in [2.24, 2.45) is 0 Å². The molecule has 0 amide bonds. The summed E-state index contributed by atoms with van der Waals surface area (Å²) in [4.78, 5) is 6.97. The van der Waals surface area contributed by atoms with Crippen molar-refractivity contribution in [3.05, 3.63) is 11.9 Å². The van der Waals surface area contributed by atoms with E-state index in [1.807, 2.05) is 20.8 Å². The van der Waals surface area contributed by atoms with Gasteiger partial charge in [-0.2, -0.15) is 13.2 Å². The topological polar surface area (TPSA) is 59.1 Å². The van der Waals surface area contributed by atoms with Crippen LogP contribution in [0, 0.1) is 0 Å². The largest absolute Gasteiger partial charge is 0.451 e. The highest BCUT2D eigenvalue weighted by molar-refractivity contribution is 5.47. The summed E-state index contributed by atoms with van der Waals surface area (Å²) in [6.07, 6.45) is -3.71. The Bertz CT molecular complexity index is 438. The Labute approximate surface area is 122 Å². The normalized spacial score (nSPS) is 11.8. The maximum atomic E-state index is 12.8. The van der Waals surface area contributed by atoms with Crippen molar-refractivity contribution in [1.82, 2.24) is 9.97 Å². The van der Waals surface area contributed by atoms with Crippen LogP contribution in [0.4, 0.5) is 24.8 Å². The summed E-state index contributed by atoms with van der Waals surface area (Å²) >= 11 is 0. The average molecular weight is 306 g/mol. The predicted molar refractivity (Wildman–Crippen MR) is 75.4 cm³/mol. The second-order valence-electron chi connectivity index (χ2n) is 4.73. The van der Waals surface area contributed by atoms with E-state index in [0.717, 1.165) is 6.42 Å². The van der Waals surface area contributed by atoms with Gasteiger partial charge in [0.25, 0.3) is 0 Å². The van der Waals surface area contributed by atoms with Crippen LogP contribution in [0.5, 0.6) is 0 Å². The van der Waals surface area contributed by atoms with Crippen molar-refractivity contribution in [2.75, 3.05) is 30.3 Å². The molecular formula is C13H21F3N4O. The van der Waals surface area contributed by atoms with Gasteiger partial charge in [-0.05, 0) is 20.3 Å². The van der Waals surface area contributed by atoms with Gasteiger partial charge in [0.05, 0.1) is 12.7 Å². The van der Waals surface area contributed by atoms with Crippen LogP contribution in [0.25, 0.3) is 0 Å². The molecule has 1 rings (SSSR count). The molecule has 2 N–H and O–H groups in total. The van der Waals surface area contributed by atoms with Crippen molar-refractivity contribution in [2.45, 2.75) is 39.5 Å². The first-order valence-electron chi connectivity index (χ1n) is 6.88. The molecule has 1 aromatic heterocycles. The fourth-order valence-electron chi connectivity index (χ4n) is 1.48. The van der Waals surface area contributed by atoms with Crippen LogP contribution >= 0.6 is 0 Å². The molecule has 0 aliphatic heterocycles. The molecule has 0 bridgehead atoms. The Hall–Kier alpha value is -1.57. The molecule has 5 nitrogen and oxygen atoms in total. The van der Waals surface area contributed by atoms with E-state index in [1.165, 1.54) is 6.07 Å². The number of anilines is 2. The number of ether oxygens (including phenoxy) is 1. The van der Waals surface area contributed by atoms with Gasteiger partial charge in [-0.3, -0.25) is 0 Å². The van der Waals surface area contributed by atoms with Crippen molar-refractivity contribution in [3.8, 4) is 0 Å². The molecule has 0 radical (unpaired) electrons. The predicted octanol–water partition coefficient (Wildman–Crippen LogP) is 3.15. The van der Waals surface area contributed by atoms with Crippen LogP contribution in [0.1, 0.15) is 33.0 Å². The zero-order valence-corrected chi connectivity index (χ0v) is 12.4. The minimum absolute atomic E-state index is 0.0738. The Morgan fingerprint density at radius 3 is 2.19 bits per heavy atom. The van der Waals surface area contributed by atoms with E-state index in [-0.39, 0.29) is 17.7 Å². The second kappa shape index (κ2) is 8.02. The number of rotatable bonds is 8. The summed E-state index contributed by atoms with van der Waals surface area (Å²) in [6, 6.07) is 1.46. The van der Waals surface area contributed by atoms with Crippen LogP contribution in [0.15, 0.2) is 6.07 Å². The SMILES string of the molecule is CCCNc1cc(NCCOC(C)C)nc(C(F)(F)F)n1. The van der Waals surface area contributed by atoms with Crippen LogP contribution in [-0.4, -0.2) is 35.8 Å². The zero-order valence-electron chi connectivity index (χ0n) is 12.4. The second-order valence-corrected chi connectivity index (χ2v) is 4.73. The van der Waals surface area contributed by atoms with Gasteiger partial charge in [-0.1, -0.05) is 6.92 Å². The van der Waals surface area contributed by atoms with E-state index >= 15 is 0 Å². The van der Waals surface area contributed by atoms with Crippen LogP contribution < -0.4 is 10.6 Å². The number of hydrogen-bond acceptors (Lipinski definition) is 5. The summed E-state index contributed by atoms with van der Waals surface area (Å²) in [6.45, 7) is 7.00. The number of nitrogens with zero attached hydrogens (tertiary/aromatic N) is 2. The van der Waals surface area contributed by atoms with Crippen LogP contribution in [0.2, 0.25) is 0 Å². The summed E-state index contributed by atoms with van der Waals surface area (Å²) in [5.74, 6) is -0.870. The zero-order chi connectivity index (χ0) is 15.9. The van der Waals surface area contributed by atoms with Crippen LogP contribution in [-0.2, 0) is 10.9 Å². The first-order valence-corrected chi connectivity index (χ1v) is 6.88. The van der Waals surface area contributed by atoms with Crippen LogP contribution in [0.3, 0.4) is 0 Å². The number of aromatic nitrogens is 2. The van der Waals surface area contributed by atoms with Gasteiger partial charge >= 0.3 is 6.18 Å². The molecule has 0 aliphatic carbocycles. The highest BCUT2D eigenvalue weighted by Gasteiger charge is 2.35. The van der Waals surface area contributed by atoms with E-state index in [9.17, 15) is 13.2 Å². The molecule has 0 fully saturated rings. The highest BCUT2D eigenvalue weighted by atomic mass is 19.4. The molecule has 0 atom stereocenters. The van der Waals surface area contributed by atoms with E-state index in [1.54, 1.807) is 0 Å². The van der Waals surface area contributed by atoms with Crippen molar-refractivity contribution >= 4 is 11.6 Å². The summed E-state index contributed by atoms with van der Waals surface area (Å²) in [5.41, 5.74) is 0. The van der Waals surface area contributed by atoms with E-state index < -0.39 is 12.0 Å². The smallest absolute Gasteiger partial charge is 0.377 e. The molecule has 1 aromatic rings. The number of nitrogens with one attached hydrogen (secondary N) is 2. The van der Waals surface area contributed by atoms with Gasteiger partial charge in [0, 0.05) is 19.2 Å². The number of alkyl halides is 3. The molecule has 8 heteroatoms. The van der Waals surface area contributed by atoms with E-state index in [2.05, 4.69) is 20.6 Å². The van der Waals surface area contributed by atoms with E-state index in [4.69, 9.17) is 4.74 Å². The molecule has 1 heterocycles. The Morgan fingerprint density at radius 1 is 1.14 bits per heavy atom. The maximum absolute atomic E-state index is 12.8. The summed E-state index contributed by atoms with van der Waals surface area (Å²) in [5, 5.41) is 5.65. The number of halogens is 3. The monoisotopic (exact) mass is 306 g/mol. The Kier molecular flexibility index (Phi) is 6.67. The maximum Gasteiger partial charge on any atom is 0.451 e. The lowest BCUT2D eigenvalue weighted by Crippen LogP contribution is -2.18. The minimum atomic E-state index is -4.57. The van der Waals surface area contributed by atoms with Gasteiger partial charge in [-0.15, -0.1) is 0 Å². The molecule has 0 aromatic carbocycles. The fourth-order valence-corrected chi connectivity index (χ4v) is 1.48. The molecule has 0 saturated heterocycles. The summed E-state index contributed by atoms with van der Waals surface area (Å²) in [7, 11) is 0. The fraction of sp³-hybridized carbons (Fsp3) is 0.692. The first kappa shape index (κ1) is 17.5. The number of hydrogen-bond donors (Lipinski definition) is 2. The van der Waals surface area contributed by atoms with Gasteiger partial charge in [0.2, 0.25) is 5.82 Å². The lowest BCUT2D eigenvalue weighted by molar-refractivity contribution is -0.144. The van der Waals surface area contributed by atoms with E-state index in [0.29, 0.717) is 19.7 Å². The lowest BCUT2D eigenvalue weighted by atomic mass is 10.4. The summed E-state index contributed by atoms with van der Waals surface area (Å²) < 4.78 is 43.6. The molecule has 120 valence electrons.